The van der Waals surface area contributed by atoms with Crippen LogP contribution in [0.3, 0.4) is 0 Å². The molecule has 0 radical (unpaired) electrons. The summed E-state index contributed by atoms with van der Waals surface area (Å²) in [6.45, 7) is 0.568. The summed E-state index contributed by atoms with van der Waals surface area (Å²) in [6, 6.07) is 10.7. The summed E-state index contributed by atoms with van der Waals surface area (Å²) in [5.41, 5.74) is -2.64. The number of halogens is 4. The molecule has 17 heteroatoms. The van der Waals surface area contributed by atoms with Crippen molar-refractivity contribution in [2.45, 2.75) is 42.4 Å². The van der Waals surface area contributed by atoms with Gasteiger partial charge in [-0.15, -0.1) is 0 Å². The first-order valence-corrected chi connectivity index (χ1v) is 15.6. The van der Waals surface area contributed by atoms with Gasteiger partial charge in [0.1, 0.15) is 17.7 Å². The van der Waals surface area contributed by atoms with Gasteiger partial charge in [0.05, 0.1) is 22.9 Å². The first kappa shape index (κ1) is 32.0. The standard InChI is InChI=1S/C26H26F4N4O7S2/c1-25(2,26(28,29)30)41-24(35)33-19-7-10-23-22(12-19)34(43(38,39)21-8-5-18(27)6-9-21)15-20(40-23)14-32-42(36,37)16-17-4-3-11-31-13-17/h3-13,20,32H,14-16H2,1-2H3,(H,33,35)/t20-/m0/s1. The van der Waals surface area contributed by atoms with Gasteiger partial charge in [-0.2, -0.15) is 13.2 Å². The monoisotopic (exact) mass is 646 g/mol. The molecule has 232 valence electrons. The quantitative estimate of drug-likeness (QED) is 0.330. The van der Waals surface area contributed by atoms with Crippen LogP contribution in [0.1, 0.15) is 19.4 Å². The Morgan fingerprint density at radius 3 is 2.42 bits per heavy atom. The molecule has 4 rings (SSSR count). The van der Waals surface area contributed by atoms with Crippen molar-refractivity contribution in [1.29, 1.82) is 0 Å². The molecule has 1 aromatic heterocycles. The number of sulfonamides is 2. The maximum absolute atomic E-state index is 13.6. The zero-order chi connectivity index (χ0) is 31.6. The highest BCUT2D eigenvalue weighted by molar-refractivity contribution is 7.92. The van der Waals surface area contributed by atoms with Crippen LogP contribution in [0.5, 0.6) is 5.75 Å². The second kappa shape index (κ2) is 12.0. The molecule has 2 aromatic carbocycles. The number of pyridine rings is 1. The Labute approximate surface area is 244 Å². The second-order valence-corrected chi connectivity index (χ2v) is 13.6. The molecular formula is C26H26F4N4O7S2. The van der Waals surface area contributed by atoms with E-state index >= 15 is 0 Å². The van der Waals surface area contributed by atoms with Crippen molar-refractivity contribution in [2.75, 3.05) is 22.7 Å². The number of amides is 1. The van der Waals surface area contributed by atoms with Gasteiger partial charge in [-0.25, -0.2) is 30.7 Å². The summed E-state index contributed by atoms with van der Waals surface area (Å²) in [5.74, 6) is -1.12. The molecule has 11 nitrogen and oxygen atoms in total. The highest BCUT2D eigenvalue weighted by Gasteiger charge is 2.51. The normalized spacial score (nSPS) is 15.8. The first-order chi connectivity index (χ1) is 20.0. The van der Waals surface area contributed by atoms with Crippen LogP contribution in [-0.2, 0) is 30.5 Å². The van der Waals surface area contributed by atoms with Crippen molar-refractivity contribution in [3.05, 3.63) is 78.4 Å². The maximum atomic E-state index is 13.6. The van der Waals surface area contributed by atoms with E-state index in [1.54, 1.807) is 12.1 Å². The molecule has 2 N–H and O–H groups in total. The highest BCUT2D eigenvalue weighted by atomic mass is 32.2. The molecule has 0 unspecified atom stereocenters. The first-order valence-electron chi connectivity index (χ1n) is 12.5. The zero-order valence-electron chi connectivity index (χ0n) is 22.6. The third kappa shape index (κ3) is 7.71. The molecule has 0 fully saturated rings. The maximum Gasteiger partial charge on any atom is 0.427 e. The van der Waals surface area contributed by atoms with Crippen LogP contribution in [0.15, 0.2) is 71.9 Å². The summed E-state index contributed by atoms with van der Waals surface area (Å²) in [5, 5.41) is 2.13. The number of alkyl halides is 3. The molecule has 0 spiro atoms. The van der Waals surface area contributed by atoms with Crippen LogP contribution in [0.25, 0.3) is 0 Å². The number of fused-ring (bicyclic) bond motifs is 1. The van der Waals surface area contributed by atoms with Crippen molar-refractivity contribution in [1.82, 2.24) is 9.71 Å². The average molecular weight is 647 g/mol. The highest BCUT2D eigenvalue weighted by Crippen LogP contribution is 2.39. The number of ether oxygens (including phenoxy) is 2. The van der Waals surface area contributed by atoms with E-state index in [0.717, 1.165) is 34.6 Å². The zero-order valence-corrected chi connectivity index (χ0v) is 24.3. The molecule has 0 aliphatic carbocycles. The van der Waals surface area contributed by atoms with Crippen molar-refractivity contribution in [3.63, 3.8) is 0 Å². The van der Waals surface area contributed by atoms with Crippen LogP contribution in [0.4, 0.5) is 33.7 Å². The predicted molar refractivity (Wildman–Crippen MR) is 147 cm³/mol. The fourth-order valence-corrected chi connectivity index (χ4v) is 6.51. The number of benzene rings is 2. The SMILES string of the molecule is CC(C)(OC(=O)Nc1ccc2c(c1)N(S(=O)(=O)c1ccc(F)cc1)C[C@H](CNS(=O)(=O)Cc1cccnc1)O2)C(F)(F)F. The number of hydrogen-bond acceptors (Lipinski definition) is 8. The Bertz CT molecular complexity index is 1690. The number of carbonyl (C=O) groups excluding carboxylic acids is 1. The lowest BCUT2D eigenvalue weighted by atomic mass is 10.1. The van der Waals surface area contributed by atoms with Gasteiger partial charge in [0.2, 0.25) is 15.6 Å². The van der Waals surface area contributed by atoms with Gasteiger partial charge < -0.3 is 9.47 Å². The number of hydrogen-bond donors (Lipinski definition) is 2. The van der Waals surface area contributed by atoms with E-state index in [1.165, 1.54) is 24.5 Å². The van der Waals surface area contributed by atoms with E-state index in [2.05, 4.69) is 19.8 Å². The minimum absolute atomic E-state index is 0.0390. The lowest BCUT2D eigenvalue weighted by Crippen LogP contribution is -2.48. The Morgan fingerprint density at radius 2 is 1.79 bits per heavy atom. The molecule has 1 amide bonds. The minimum atomic E-state index is -4.86. The largest absolute Gasteiger partial charge is 0.485 e. The lowest BCUT2D eigenvalue weighted by molar-refractivity contribution is -0.242. The number of nitrogens with zero attached hydrogens (tertiary/aromatic N) is 2. The lowest BCUT2D eigenvalue weighted by Gasteiger charge is -2.36. The summed E-state index contributed by atoms with van der Waals surface area (Å²) >= 11 is 0. The van der Waals surface area contributed by atoms with Gasteiger partial charge in [-0.3, -0.25) is 14.6 Å². The van der Waals surface area contributed by atoms with Crippen LogP contribution >= 0.6 is 0 Å². The fourth-order valence-electron chi connectivity index (χ4n) is 3.86. The molecule has 2 heterocycles. The predicted octanol–water partition coefficient (Wildman–Crippen LogP) is 4.19. The third-order valence-electron chi connectivity index (χ3n) is 6.18. The number of rotatable bonds is 9. The second-order valence-electron chi connectivity index (χ2n) is 9.90. The summed E-state index contributed by atoms with van der Waals surface area (Å²) in [4.78, 5) is 15.8. The smallest absolute Gasteiger partial charge is 0.427 e. The Morgan fingerprint density at radius 1 is 1.09 bits per heavy atom. The third-order valence-corrected chi connectivity index (χ3v) is 9.29. The van der Waals surface area contributed by atoms with Gasteiger partial charge in [0.25, 0.3) is 10.0 Å². The molecule has 0 bridgehead atoms. The number of nitrogens with one attached hydrogen (secondary N) is 2. The van der Waals surface area contributed by atoms with E-state index in [1.807, 2.05) is 0 Å². The van der Waals surface area contributed by atoms with Crippen molar-refractivity contribution in [3.8, 4) is 5.75 Å². The van der Waals surface area contributed by atoms with Crippen LogP contribution in [0, 0.1) is 5.82 Å². The van der Waals surface area contributed by atoms with Crippen LogP contribution in [-0.4, -0.2) is 58.9 Å². The molecule has 3 aromatic rings. The summed E-state index contributed by atoms with van der Waals surface area (Å²) < 4.78 is 119. The van der Waals surface area contributed by atoms with E-state index in [9.17, 15) is 39.2 Å². The Balaban J connectivity index is 1.61. The van der Waals surface area contributed by atoms with E-state index in [0.29, 0.717) is 19.4 Å². The Kier molecular flexibility index (Phi) is 8.90. The topological polar surface area (TPSA) is 144 Å². The van der Waals surface area contributed by atoms with Gasteiger partial charge in [-0.05, 0) is 67.9 Å². The fraction of sp³-hybridized carbons (Fsp3) is 0.308. The summed E-state index contributed by atoms with van der Waals surface area (Å²) in [6.07, 6.45) is -4.48. The molecular weight excluding hydrogens is 620 g/mol. The van der Waals surface area contributed by atoms with Gasteiger partial charge >= 0.3 is 12.3 Å². The summed E-state index contributed by atoms with van der Waals surface area (Å²) in [7, 11) is -8.30. The van der Waals surface area contributed by atoms with Crippen LogP contribution in [0.2, 0.25) is 0 Å². The van der Waals surface area contributed by atoms with Gasteiger partial charge in [-0.1, -0.05) is 6.07 Å². The van der Waals surface area contributed by atoms with Gasteiger partial charge in [0.15, 0.2) is 0 Å². The van der Waals surface area contributed by atoms with E-state index in [4.69, 9.17) is 4.74 Å². The number of aromatic nitrogens is 1. The average Bonchev–Trinajstić information content (AvgIpc) is 2.91. The molecule has 0 saturated heterocycles. The minimum Gasteiger partial charge on any atom is -0.485 e. The molecule has 1 atom stereocenters. The van der Waals surface area contributed by atoms with E-state index in [-0.39, 0.29) is 28.6 Å². The van der Waals surface area contributed by atoms with Crippen LogP contribution < -0.4 is 19.1 Å². The Hall–Kier alpha value is -3.96. The van der Waals surface area contributed by atoms with E-state index < -0.39 is 62.1 Å². The molecule has 0 saturated carbocycles. The molecule has 43 heavy (non-hydrogen) atoms. The number of carbonyl (C=O) groups is 1. The molecule has 1 aliphatic heterocycles. The molecule has 1 aliphatic rings. The van der Waals surface area contributed by atoms with Gasteiger partial charge in [0, 0.05) is 24.6 Å². The van der Waals surface area contributed by atoms with Crippen molar-refractivity contribution < 1.29 is 48.7 Å². The number of anilines is 2. The van der Waals surface area contributed by atoms with Crippen molar-refractivity contribution >= 4 is 37.5 Å². The van der Waals surface area contributed by atoms with Crippen molar-refractivity contribution in [2.24, 2.45) is 0 Å².